The Bertz CT molecular complexity index is 529. The molecule has 0 aliphatic heterocycles. The second kappa shape index (κ2) is 5.08. The molecule has 0 fully saturated rings. The molecule has 0 aliphatic carbocycles. The molecule has 10 heteroatoms. The minimum Gasteiger partial charge on any atom is -0.464 e. The highest BCUT2D eigenvalue weighted by molar-refractivity contribution is 5.92. The van der Waals surface area contributed by atoms with E-state index in [1.165, 1.54) is 0 Å². The van der Waals surface area contributed by atoms with Gasteiger partial charge in [0.05, 0.1) is 23.8 Å². The number of alkyl halides is 3. The van der Waals surface area contributed by atoms with Gasteiger partial charge >= 0.3 is 18.0 Å². The van der Waals surface area contributed by atoms with Gasteiger partial charge in [-0.1, -0.05) is 0 Å². The summed E-state index contributed by atoms with van der Waals surface area (Å²) in [6.07, 6.45) is -4.45. The Labute approximate surface area is 104 Å². The van der Waals surface area contributed by atoms with Crippen LogP contribution in [0.15, 0.2) is 6.20 Å². The topological polar surface area (TPSA) is 91.6 Å². The zero-order valence-electron chi connectivity index (χ0n) is 9.65. The Morgan fingerprint density at radius 2 is 2.05 bits per heavy atom. The van der Waals surface area contributed by atoms with Crippen molar-refractivity contribution in [1.82, 2.24) is 4.98 Å². The highest BCUT2D eigenvalue weighted by Crippen LogP contribution is 2.33. The number of hydrogen-bond donors (Lipinski definition) is 0. The number of aromatic nitrogens is 1. The molecule has 0 saturated heterocycles. The molecule has 0 atom stereocenters. The molecule has 0 aromatic carbocycles. The van der Waals surface area contributed by atoms with Crippen LogP contribution in [0.1, 0.15) is 16.1 Å². The number of ether oxygens (including phenoxy) is 2. The molecule has 1 aromatic rings. The van der Waals surface area contributed by atoms with Crippen LogP contribution in [0.25, 0.3) is 0 Å². The summed E-state index contributed by atoms with van der Waals surface area (Å²) in [4.78, 5) is 24.3. The molecule has 1 aromatic heterocycles. The van der Waals surface area contributed by atoms with Gasteiger partial charge < -0.3 is 9.47 Å². The van der Waals surface area contributed by atoms with Crippen molar-refractivity contribution in [3.63, 3.8) is 0 Å². The summed E-state index contributed by atoms with van der Waals surface area (Å²) in [6.45, 7) is 1.01. The molecule has 0 spiro atoms. The van der Waals surface area contributed by atoms with Gasteiger partial charge in [0.25, 0.3) is 0 Å². The Hall–Kier alpha value is -2.39. The third kappa shape index (κ3) is 3.30. The highest BCUT2D eigenvalue weighted by atomic mass is 19.4. The van der Waals surface area contributed by atoms with Gasteiger partial charge in [0.2, 0.25) is 5.69 Å². The first kappa shape index (κ1) is 14.7. The number of nitrogens with zero attached hydrogens (tertiary/aromatic N) is 2. The number of carbonyl (C=O) groups excluding carboxylic acids is 1. The van der Waals surface area contributed by atoms with E-state index in [-0.39, 0.29) is 0 Å². The lowest BCUT2D eigenvalue weighted by molar-refractivity contribution is -0.386. The molecule has 0 N–H and O–H groups in total. The first-order valence-corrected chi connectivity index (χ1v) is 4.65. The Kier molecular flexibility index (Phi) is 3.92. The fraction of sp³-hybridized carbons (Fsp3) is 0.333. The fourth-order valence-electron chi connectivity index (χ4n) is 1.27. The molecular formula is C9H7F3N2O5. The van der Waals surface area contributed by atoms with Crippen LogP contribution in [0.2, 0.25) is 0 Å². The molecule has 0 amide bonds. The number of methoxy groups -OCH3 is 1. The van der Waals surface area contributed by atoms with E-state index < -0.39 is 39.9 Å². The number of carbonyl (C=O) groups is 1. The molecule has 1 heterocycles. The lowest BCUT2D eigenvalue weighted by atomic mass is 10.2. The molecule has 19 heavy (non-hydrogen) atoms. The van der Waals surface area contributed by atoms with Crippen molar-refractivity contribution >= 4 is 11.7 Å². The number of hydrogen-bond acceptors (Lipinski definition) is 6. The Balaban J connectivity index is 3.39. The SMILES string of the molecule is COC(=O)c1ncc(OC(F)(F)F)c(C)c1[N+](=O)[O-]. The van der Waals surface area contributed by atoms with Crippen molar-refractivity contribution in [3.8, 4) is 5.75 Å². The van der Waals surface area contributed by atoms with Crippen LogP contribution < -0.4 is 4.74 Å². The first-order valence-electron chi connectivity index (χ1n) is 4.65. The van der Waals surface area contributed by atoms with Crippen LogP contribution in [0.3, 0.4) is 0 Å². The average Bonchev–Trinajstić information content (AvgIpc) is 2.28. The Morgan fingerprint density at radius 3 is 2.47 bits per heavy atom. The molecule has 104 valence electrons. The lowest BCUT2D eigenvalue weighted by Gasteiger charge is -2.11. The van der Waals surface area contributed by atoms with E-state index in [1.54, 1.807) is 0 Å². The van der Waals surface area contributed by atoms with Crippen molar-refractivity contribution in [2.45, 2.75) is 13.3 Å². The summed E-state index contributed by atoms with van der Waals surface area (Å²) in [5.41, 5.74) is -2.06. The van der Waals surface area contributed by atoms with Crippen LogP contribution >= 0.6 is 0 Å². The van der Waals surface area contributed by atoms with Crippen molar-refractivity contribution in [2.24, 2.45) is 0 Å². The molecule has 7 nitrogen and oxygen atoms in total. The van der Waals surface area contributed by atoms with Crippen LogP contribution in [0.4, 0.5) is 18.9 Å². The fourth-order valence-corrected chi connectivity index (χ4v) is 1.27. The van der Waals surface area contributed by atoms with Gasteiger partial charge in [-0.2, -0.15) is 0 Å². The van der Waals surface area contributed by atoms with Crippen molar-refractivity contribution < 1.29 is 32.4 Å². The number of esters is 1. The molecule has 0 radical (unpaired) electrons. The van der Waals surface area contributed by atoms with Crippen molar-refractivity contribution in [1.29, 1.82) is 0 Å². The summed E-state index contributed by atoms with van der Waals surface area (Å²) in [5.74, 6) is -1.99. The van der Waals surface area contributed by atoms with Gasteiger partial charge in [0.1, 0.15) is 0 Å². The van der Waals surface area contributed by atoms with Gasteiger partial charge in [0, 0.05) is 0 Å². The maximum absolute atomic E-state index is 12.1. The highest BCUT2D eigenvalue weighted by Gasteiger charge is 2.35. The maximum atomic E-state index is 12.1. The summed E-state index contributed by atoms with van der Waals surface area (Å²) < 4.78 is 44.0. The van der Waals surface area contributed by atoms with E-state index in [4.69, 9.17) is 0 Å². The third-order valence-corrected chi connectivity index (χ3v) is 2.05. The summed E-state index contributed by atoms with van der Waals surface area (Å²) in [5, 5.41) is 10.8. The molecule has 0 aliphatic rings. The van der Waals surface area contributed by atoms with E-state index in [2.05, 4.69) is 14.5 Å². The van der Waals surface area contributed by atoms with Crippen LogP contribution in [0, 0.1) is 17.0 Å². The van der Waals surface area contributed by atoms with Crippen molar-refractivity contribution in [3.05, 3.63) is 27.6 Å². The number of pyridine rings is 1. The minimum atomic E-state index is -5.02. The number of nitro groups is 1. The summed E-state index contributed by atoms with van der Waals surface area (Å²) in [7, 11) is 0.962. The van der Waals surface area contributed by atoms with Gasteiger partial charge in [0.15, 0.2) is 5.75 Å². The van der Waals surface area contributed by atoms with E-state index in [0.717, 1.165) is 14.0 Å². The molecule has 0 unspecified atom stereocenters. The summed E-state index contributed by atoms with van der Waals surface area (Å²) in [6, 6.07) is 0. The van der Waals surface area contributed by atoms with E-state index in [1.807, 2.05) is 0 Å². The quantitative estimate of drug-likeness (QED) is 0.477. The van der Waals surface area contributed by atoms with E-state index in [9.17, 15) is 28.1 Å². The molecular weight excluding hydrogens is 273 g/mol. The van der Waals surface area contributed by atoms with Crippen LogP contribution in [-0.4, -0.2) is 29.3 Å². The van der Waals surface area contributed by atoms with Gasteiger partial charge in [-0.3, -0.25) is 10.1 Å². The van der Waals surface area contributed by atoms with Crippen molar-refractivity contribution in [2.75, 3.05) is 7.11 Å². The standard InChI is InChI=1S/C9H7F3N2O5/c1-4-5(19-9(10,11)12)3-13-6(8(15)18-2)7(4)14(16)17/h3H,1-2H3. The molecule has 1 rings (SSSR count). The number of halogens is 3. The van der Waals surface area contributed by atoms with E-state index >= 15 is 0 Å². The lowest BCUT2D eigenvalue weighted by Crippen LogP contribution is -2.19. The third-order valence-electron chi connectivity index (χ3n) is 2.05. The molecule has 0 saturated carbocycles. The van der Waals surface area contributed by atoms with Gasteiger partial charge in [-0.05, 0) is 6.92 Å². The zero-order valence-corrected chi connectivity index (χ0v) is 9.65. The maximum Gasteiger partial charge on any atom is 0.573 e. The normalized spacial score (nSPS) is 11.0. The van der Waals surface area contributed by atoms with Crippen LogP contribution in [0.5, 0.6) is 5.75 Å². The zero-order chi connectivity index (χ0) is 14.8. The smallest absolute Gasteiger partial charge is 0.464 e. The predicted molar refractivity (Wildman–Crippen MR) is 53.7 cm³/mol. The van der Waals surface area contributed by atoms with Gasteiger partial charge in [-0.15, -0.1) is 13.2 Å². The predicted octanol–water partition coefficient (Wildman–Crippen LogP) is 1.98. The van der Waals surface area contributed by atoms with E-state index in [0.29, 0.717) is 6.20 Å². The average molecular weight is 280 g/mol. The monoisotopic (exact) mass is 280 g/mol. The first-order chi connectivity index (χ1) is 8.67. The largest absolute Gasteiger partial charge is 0.573 e. The van der Waals surface area contributed by atoms with Crippen LogP contribution in [-0.2, 0) is 4.74 Å². The number of rotatable bonds is 3. The second-order valence-electron chi connectivity index (χ2n) is 3.24. The van der Waals surface area contributed by atoms with Gasteiger partial charge in [-0.25, -0.2) is 9.78 Å². The molecule has 0 bridgehead atoms. The minimum absolute atomic E-state index is 0.474. The summed E-state index contributed by atoms with van der Waals surface area (Å²) >= 11 is 0. The Morgan fingerprint density at radius 1 is 1.47 bits per heavy atom. The second-order valence-corrected chi connectivity index (χ2v) is 3.24.